The van der Waals surface area contributed by atoms with Gasteiger partial charge in [0.15, 0.2) is 0 Å². The lowest BCUT2D eigenvalue weighted by molar-refractivity contribution is -0.137. The number of rotatable bonds is 12. The minimum Gasteiger partial charge on any atom is -0.481 e. The van der Waals surface area contributed by atoms with Crippen LogP contribution in [-0.4, -0.2) is 27.4 Å². The second kappa shape index (κ2) is 12.0. The Bertz CT molecular complexity index is 608. The van der Waals surface area contributed by atoms with Crippen molar-refractivity contribution in [2.24, 2.45) is 5.92 Å². The highest BCUT2D eigenvalue weighted by Gasteiger charge is 2.35. The van der Waals surface area contributed by atoms with Crippen LogP contribution >= 0.6 is 0 Å². The first-order valence-corrected chi connectivity index (χ1v) is 10.9. The Hall–Kier alpha value is -1.65. The second-order valence-electron chi connectivity index (χ2n) is 8.10. The van der Waals surface area contributed by atoms with Gasteiger partial charge in [-0.2, -0.15) is 0 Å². The topological polar surface area (TPSA) is 77.8 Å². The van der Waals surface area contributed by atoms with E-state index in [4.69, 9.17) is 5.11 Å². The smallest absolute Gasteiger partial charge is 0.303 e. The van der Waals surface area contributed by atoms with E-state index in [1.807, 2.05) is 12.1 Å². The molecule has 1 saturated carbocycles. The van der Waals surface area contributed by atoms with Crippen LogP contribution in [0, 0.1) is 5.92 Å². The molecule has 1 aromatic carbocycles. The van der Waals surface area contributed by atoms with Gasteiger partial charge in [0.1, 0.15) is 0 Å². The number of hydrogen-bond acceptors (Lipinski definition) is 3. The first kappa shape index (κ1) is 22.6. The molecule has 1 aliphatic carbocycles. The van der Waals surface area contributed by atoms with Crippen molar-refractivity contribution in [2.75, 3.05) is 0 Å². The second-order valence-corrected chi connectivity index (χ2v) is 8.10. The normalized spacial score (nSPS) is 23.3. The third kappa shape index (κ3) is 7.06. The van der Waals surface area contributed by atoms with Gasteiger partial charge in [-0.25, -0.2) is 0 Å². The lowest BCUT2D eigenvalue weighted by Crippen LogP contribution is -2.17. The zero-order chi connectivity index (χ0) is 20.4. The van der Waals surface area contributed by atoms with Gasteiger partial charge in [-0.15, -0.1) is 0 Å². The molecule has 2 rings (SSSR count). The van der Waals surface area contributed by atoms with E-state index in [9.17, 15) is 15.0 Å². The predicted molar refractivity (Wildman–Crippen MR) is 112 cm³/mol. The third-order valence-corrected chi connectivity index (χ3v) is 5.91. The summed E-state index contributed by atoms with van der Waals surface area (Å²) in [6, 6.07) is 8.16. The maximum atomic E-state index is 10.5. The largest absolute Gasteiger partial charge is 0.481 e. The summed E-state index contributed by atoms with van der Waals surface area (Å²) in [6.45, 7) is 2.16. The molecular weight excluding hydrogens is 352 g/mol. The van der Waals surface area contributed by atoms with Crippen molar-refractivity contribution >= 4 is 5.97 Å². The predicted octanol–water partition coefficient (Wildman–Crippen LogP) is 5.36. The van der Waals surface area contributed by atoms with Gasteiger partial charge in [0.2, 0.25) is 0 Å². The fourth-order valence-corrected chi connectivity index (χ4v) is 4.27. The van der Waals surface area contributed by atoms with E-state index in [0.717, 1.165) is 62.5 Å². The van der Waals surface area contributed by atoms with Gasteiger partial charge >= 0.3 is 5.97 Å². The zero-order valence-corrected chi connectivity index (χ0v) is 17.1. The van der Waals surface area contributed by atoms with Gasteiger partial charge in [0.25, 0.3) is 0 Å². The Labute approximate surface area is 169 Å². The van der Waals surface area contributed by atoms with E-state index >= 15 is 0 Å². The standard InChI is InChI=1S/C24H36O4/c1-2-3-6-10-21(25)18-12-14-20(15-13-18)24-19(16-17-22(24)26)9-7-4-5-8-11-23(27)28/h4,7,12-15,19,21-22,24-26H,2-3,5-6,8-11,16-17H2,1H3,(H,27,28)/b7-4-/t19-,21?,22+,24?/m0/s1. The number of carboxylic acid groups (broad SMARTS) is 1. The van der Waals surface area contributed by atoms with Crippen molar-refractivity contribution < 1.29 is 20.1 Å². The van der Waals surface area contributed by atoms with Crippen LogP contribution in [-0.2, 0) is 4.79 Å². The summed E-state index contributed by atoms with van der Waals surface area (Å²) in [4.78, 5) is 10.5. The average molecular weight is 389 g/mol. The Kier molecular flexibility index (Phi) is 9.72. The van der Waals surface area contributed by atoms with E-state index in [1.165, 1.54) is 0 Å². The molecule has 0 heterocycles. The number of aliphatic hydroxyl groups is 2. The van der Waals surface area contributed by atoms with Crippen LogP contribution in [0.25, 0.3) is 0 Å². The van der Waals surface area contributed by atoms with E-state index in [0.29, 0.717) is 12.3 Å². The lowest BCUT2D eigenvalue weighted by Gasteiger charge is -2.22. The first-order chi connectivity index (χ1) is 13.5. The van der Waals surface area contributed by atoms with E-state index < -0.39 is 12.1 Å². The van der Waals surface area contributed by atoms with Gasteiger partial charge in [-0.3, -0.25) is 4.79 Å². The van der Waals surface area contributed by atoms with Crippen LogP contribution in [0.4, 0.5) is 0 Å². The summed E-state index contributed by atoms with van der Waals surface area (Å²) in [6.07, 6.45) is 12.1. The molecule has 0 spiro atoms. The van der Waals surface area contributed by atoms with E-state index in [2.05, 4.69) is 31.2 Å². The molecule has 1 fully saturated rings. The molecule has 0 saturated heterocycles. The van der Waals surface area contributed by atoms with Crippen LogP contribution in [0.3, 0.4) is 0 Å². The third-order valence-electron chi connectivity index (χ3n) is 5.91. The summed E-state index contributed by atoms with van der Waals surface area (Å²) < 4.78 is 0. The highest BCUT2D eigenvalue weighted by atomic mass is 16.4. The number of allylic oxidation sites excluding steroid dienone is 2. The van der Waals surface area contributed by atoms with Crippen molar-refractivity contribution in [3.8, 4) is 0 Å². The molecule has 4 atom stereocenters. The molecule has 156 valence electrons. The van der Waals surface area contributed by atoms with Crippen molar-refractivity contribution in [3.63, 3.8) is 0 Å². The number of unbranched alkanes of at least 4 members (excludes halogenated alkanes) is 3. The highest BCUT2D eigenvalue weighted by molar-refractivity contribution is 5.66. The van der Waals surface area contributed by atoms with Gasteiger partial charge in [-0.1, -0.05) is 62.6 Å². The van der Waals surface area contributed by atoms with Crippen molar-refractivity contribution in [1.29, 1.82) is 0 Å². The summed E-state index contributed by atoms with van der Waals surface area (Å²) in [5, 5.41) is 29.5. The molecule has 4 heteroatoms. The fraction of sp³-hybridized carbons (Fsp3) is 0.625. The lowest BCUT2D eigenvalue weighted by atomic mass is 9.85. The maximum absolute atomic E-state index is 10.5. The molecule has 0 radical (unpaired) electrons. The molecule has 3 N–H and O–H groups in total. The minimum absolute atomic E-state index is 0.134. The molecule has 0 amide bonds. The quantitative estimate of drug-likeness (QED) is 0.333. The Morgan fingerprint density at radius 3 is 2.57 bits per heavy atom. The number of aliphatic hydroxyl groups excluding tert-OH is 2. The van der Waals surface area contributed by atoms with Crippen LogP contribution in [0.15, 0.2) is 36.4 Å². The molecule has 1 aromatic rings. The fourth-order valence-electron chi connectivity index (χ4n) is 4.27. The van der Waals surface area contributed by atoms with Crippen molar-refractivity contribution in [1.82, 2.24) is 0 Å². The molecular formula is C24H36O4. The zero-order valence-electron chi connectivity index (χ0n) is 17.1. The van der Waals surface area contributed by atoms with Crippen LogP contribution in [0.1, 0.15) is 94.3 Å². The summed E-state index contributed by atoms with van der Waals surface area (Å²) in [5.74, 6) is -0.202. The number of hydrogen-bond donors (Lipinski definition) is 3. The first-order valence-electron chi connectivity index (χ1n) is 10.9. The van der Waals surface area contributed by atoms with Crippen LogP contribution in [0.2, 0.25) is 0 Å². The average Bonchev–Trinajstić information content (AvgIpc) is 3.05. The van der Waals surface area contributed by atoms with Crippen LogP contribution in [0.5, 0.6) is 0 Å². The number of benzene rings is 1. The minimum atomic E-state index is -0.744. The Balaban J connectivity index is 1.90. The van der Waals surface area contributed by atoms with Crippen LogP contribution < -0.4 is 0 Å². The van der Waals surface area contributed by atoms with E-state index in [-0.39, 0.29) is 18.4 Å². The maximum Gasteiger partial charge on any atom is 0.303 e. The number of carbonyl (C=O) groups is 1. The highest BCUT2D eigenvalue weighted by Crippen LogP contribution is 2.42. The van der Waals surface area contributed by atoms with E-state index in [1.54, 1.807) is 0 Å². The molecule has 28 heavy (non-hydrogen) atoms. The summed E-state index contributed by atoms with van der Waals surface area (Å²) >= 11 is 0. The molecule has 0 aliphatic heterocycles. The van der Waals surface area contributed by atoms with Crippen molar-refractivity contribution in [3.05, 3.63) is 47.5 Å². The van der Waals surface area contributed by atoms with Gasteiger partial charge in [-0.05, 0) is 55.6 Å². The van der Waals surface area contributed by atoms with Gasteiger partial charge < -0.3 is 15.3 Å². The molecule has 4 nitrogen and oxygen atoms in total. The molecule has 2 unspecified atom stereocenters. The Morgan fingerprint density at radius 1 is 1.14 bits per heavy atom. The number of carboxylic acids is 1. The van der Waals surface area contributed by atoms with Gasteiger partial charge in [0.05, 0.1) is 12.2 Å². The summed E-state index contributed by atoms with van der Waals surface area (Å²) in [7, 11) is 0. The monoisotopic (exact) mass is 388 g/mol. The van der Waals surface area contributed by atoms with Crippen molar-refractivity contribution in [2.45, 2.75) is 89.3 Å². The molecule has 1 aliphatic rings. The SMILES string of the molecule is CCCCCC(O)c1ccc(C2[C@@H](C/C=C\CCCC(=O)O)CC[C@H]2O)cc1. The Morgan fingerprint density at radius 2 is 1.89 bits per heavy atom. The molecule has 0 aromatic heterocycles. The number of aliphatic carboxylic acids is 1. The molecule has 0 bridgehead atoms. The van der Waals surface area contributed by atoms with Gasteiger partial charge in [0, 0.05) is 12.3 Å². The summed E-state index contributed by atoms with van der Waals surface area (Å²) in [5.41, 5.74) is 2.11.